The van der Waals surface area contributed by atoms with Crippen molar-refractivity contribution in [3.8, 4) is 6.07 Å². The molecule has 6 rings (SSSR count). The molecule has 0 amide bonds. The first-order valence-electron chi connectivity index (χ1n) is 10.4. The molecule has 6 aromatic rings. The normalized spacial score (nSPS) is 10.8. The molecule has 0 fully saturated rings. The van der Waals surface area contributed by atoms with Crippen LogP contribution in [0.5, 0.6) is 0 Å². The maximum absolute atomic E-state index is 11.4. The van der Waals surface area contributed by atoms with Crippen molar-refractivity contribution in [2.75, 3.05) is 5.73 Å². The van der Waals surface area contributed by atoms with E-state index in [0.29, 0.717) is 33.3 Å². The smallest absolute Gasteiger partial charge is 0.314 e. The average Bonchev–Trinajstić information content (AvgIpc) is 2.86. The Kier molecular flexibility index (Phi) is 5.00. The van der Waals surface area contributed by atoms with E-state index in [-0.39, 0.29) is 0 Å². The van der Waals surface area contributed by atoms with Crippen LogP contribution in [0.25, 0.3) is 43.6 Å². The average molecular weight is 464 g/mol. The largest absolute Gasteiger partial charge is 0.398 e. The van der Waals surface area contributed by atoms with Gasteiger partial charge in [0.05, 0.1) is 33.7 Å². The highest BCUT2D eigenvalue weighted by Crippen LogP contribution is 2.27. The third-order valence-corrected chi connectivity index (χ3v) is 5.63. The van der Waals surface area contributed by atoms with Crippen molar-refractivity contribution in [2.45, 2.75) is 0 Å². The number of aromatic nitrogens is 4. The molecular weight excluding hydrogens is 448 g/mol. The van der Waals surface area contributed by atoms with E-state index in [1.165, 1.54) is 0 Å². The first-order chi connectivity index (χ1) is 16.9. The van der Waals surface area contributed by atoms with Crippen LogP contribution in [0.3, 0.4) is 0 Å². The van der Waals surface area contributed by atoms with Gasteiger partial charge in [0, 0.05) is 27.2 Å². The molecule has 0 saturated carbocycles. The number of fused-ring (bicyclic) bond motifs is 6. The van der Waals surface area contributed by atoms with Crippen LogP contribution in [0.2, 0.25) is 0 Å². The van der Waals surface area contributed by atoms with Crippen LogP contribution in [0, 0.1) is 11.3 Å². The van der Waals surface area contributed by atoms with Gasteiger partial charge >= 0.3 is 22.2 Å². The number of H-pyrrole nitrogens is 4. The van der Waals surface area contributed by atoms with Crippen LogP contribution >= 0.6 is 0 Å². The van der Waals surface area contributed by atoms with E-state index in [1.54, 1.807) is 24.3 Å². The molecule has 0 aliphatic heterocycles. The van der Waals surface area contributed by atoms with Crippen LogP contribution in [0.1, 0.15) is 5.56 Å². The molecule has 10 nitrogen and oxygen atoms in total. The number of nitrogen functional groups attached to an aromatic ring is 1. The first kappa shape index (κ1) is 21.4. The van der Waals surface area contributed by atoms with Gasteiger partial charge in [0.25, 0.3) is 0 Å². The highest BCUT2D eigenvalue weighted by Gasteiger charge is 2.08. The summed E-state index contributed by atoms with van der Waals surface area (Å²) in [5, 5.41) is 12.3. The van der Waals surface area contributed by atoms with E-state index in [4.69, 9.17) is 11.0 Å². The molecule has 2 aromatic heterocycles. The van der Waals surface area contributed by atoms with Gasteiger partial charge in [-0.15, -0.1) is 0 Å². The monoisotopic (exact) mass is 464 g/mol. The highest BCUT2D eigenvalue weighted by atomic mass is 16.2. The van der Waals surface area contributed by atoms with Crippen molar-refractivity contribution in [1.82, 2.24) is 19.9 Å². The molecule has 0 radical (unpaired) electrons. The van der Waals surface area contributed by atoms with E-state index in [9.17, 15) is 19.2 Å². The van der Waals surface area contributed by atoms with Crippen molar-refractivity contribution in [1.29, 1.82) is 5.26 Å². The van der Waals surface area contributed by atoms with Crippen molar-refractivity contribution in [3.63, 3.8) is 0 Å². The van der Waals surface area contributed by atoms with Crippen molar-refractivity contribution >= 4 is 49.3 Å². The van der Waals surface area contributed by atoms with E-state index in [2.05, 4.69) is 26.0 Å². The van der Waals surface area contributed by atoms with Gasteiger partial charge in [-0.05, 0) is 12.1 Å². The van der Waals surface area contributed by atoms with Crippen LogP contribution in [0.4, 0.5) is 5.69 Å². The fraction of sp³-hybridized carbons (Fsp3) is 0. The zero-order valence-electron chi connectivity index (χ0n) is 17.9. The lowest BCUT2D eigenvalue weighted by molar-refractivity contribution is 1.15. The molecule has 6 N–H and O–H groups in total. The second-order valence-corrected chi connectivity index (χ2v) is 7.75. The number of anilines is 1. The van der Waals surface area contributed by atoms with E-state index < -0.39 is 22.2 Å². The van der Waals surface area contributed by atoms with Gasteiger partial charge in [0.2, 0.25) is 0 Å². The molecule has 0 spiro atoms. The standard InChI is InChI=1S/C13H7N3O2.C12H9N3O2/c14-6-7-5-10-11(16-13(18)12(17)15-10)9-4-2-1-3-8(7)9;13-8-5-9-10(15-12(17)11(16)14-9)7-4-2-1-3-6(7)8/h1-5H,(H,15,17)(H,16,18);1-5H,13H2,(H,14,16)(H,15,17). The van der Waals surface area contributed by atoms with E-state index in [0.717, 1.165) is 21.5 Å². The Morgan fingerprint density at radius 3 is 1.57 bits per heavy atom. The summed E-state index contributed by atoms with van der Waals surface area (Å²) in [7, 11) is 0. The molecule has 35 heavy (non-hydrogen) atoms. The van der Waals surface area contributed by atoms with Crippen molar-refractivity contribution in [2.24, 2.45) is 0 Å². The van der Waals surface area contributed by atoms with Gasteiger partial charge < -0.3 is 25.7 Å². The SMILES string of the molecule is N#Cc1cc2[nH]c(=O)c(=O)[nH]c2c2ccccc12.Nc1cc2[nH]c(=O)c(=O)[nH]c2c2ccccc12. The number of rotatable bonds is 0. The summed E-state index contributed by atoms with van der Waals surface area (Å²) in [4.78, 5) is 55.3. The summed E-state index contributed by atoms with van der Waals surface area (Å²) in [5.41, 5.74) is 6.29. The molecule has 4 aromatic carbocycles. The Hall–Kier alpha value is -5.43. The minimum atomic E-state index is -0.721. The fourth-order valence-corrected chi connectivity index (χ4v) is 4.04. The predicted molar refractivity (Wildman–Crippen MR) is 135 cm³/mol. The number of hydrogen-bond acceptors (Lipinski definition) is 6. The number of nitrogens with one attached hydrogen (secondary N) is 4. The minimum Gasteiger partial charge on any atom is -0.398 e. The molecule has 0 saturated heterocycles. The summed E-state index contributed by atoms with van der Waals surface area (Å²) in [6.07, 6.45) is 0. The molecule has 0 atom stereocenters. The zero-order chi connectivity index (χ0) is 24.7. The third-order valence-electron chi connectivity index (χ3n) is 5.63. The van der Waals surface area contributed by atoms with Gasteiger partial charge in [-0.1, -0.05) is 48.5 Å². The molecule has 170 valence electrons. The quantitative estimate of drug-likeness (QED) is 0.130. The molecule has 0 bridgehead atoms. The van der Waals surface area contributed by atoms with Gasteiger partial charge in [0.1, 0.15) is 0 Å². The molecule has 0 aliphatic carbocycles. The van der Waals surface area contributed by atoms with E-state index in [1.807, 2.05) is 36.4 Å². The molecular formula is C25H16N6O4. The summed E-state index contributed by atoms with van der Waals surface area (Å²) in [6, 6.07) is 20.0. The van der Waals surface area contributed by atoms with Crippen LogP contribution in [-0.2, 0) is 0 Å². The van der Waals surface area contributed by atoms with E-state index >= 15 is 0 Å². The zero-order valence-corrected chi connectivity index (χ0v) is 17.9. The summed E-state index contributed by atoms with van der Waals surface area (Å²) < 4.78 is 0. The second-order valence-electron chi connectivity index (χ2n) is 7.75. The molecule has 2 heterocycles. The summed E-state index contributed by atoms with van der Waals surface area (Å²) in [5.74, 6) is 0. The third kappa shape index (κ3) is 3.63. The van der Waals surface area contributed by atoms with Gasteiger partial charge in [-0.3, -0.25) is 19.2 Å². The first-order valence-corrected chi connectivity index (χ1v) is 10.4. The van der Waals surface area contributed by atoms with Crippen LogP contribution in [-0.4, -0.2) is 19.9 Å². The Balaban J connectivity index is 0.000000145. The number of nitrogens with zero attached hydrogens (tertiary/aromatic N) is 1. The van der Waals surface area contributed by atoms with Gasteiger partial charge in [-0.2, -0.15) is 5.26 Å². The Labute approximate surface area is 194 Å². The maximum atomic E-state index is 11.4. The maximum Gasteiger partial charge on any atom is 0.314 e. The lowest BCUT2D eigenvalue weighted by Gasteiger charge is -2.05. The summed E-state index contributed by atoms with van der Waals surface area (Å²) >= 11 is 0. The lowest BCUT2D eigenvalue weighted by Crippen LogP contribution is -2.29. The number of nitriles is 1. The topological polar surface area (TPSA) is 181 Å². The highest BCUT2D eigenvalue weighted by molar-refractivity contribution is 6.09. The number of benzene rings is 4. The number of aromatic amines is 4. The minimum absolute atomic E-state index is 0.454. The lowest BCUT2D eigenvalue weighted by atomic mass is 10.0. The van der Waals surface area contributed by atoms with Gasteiger partial charge in [-0.25, -0.2) is 0 Å². The second kappa shape index (κ2) is 8.17. The van der Waals surface area contributed by atoms with Crippen molar-refractivity contribution < 1.29 is 0 Å². The van der Waals surface area contributed by atoms with Crippen LogP contribution < -0.4 is 28.0 Å². The number of nitrogens with two attached hydrogens (primary N) is 1. The Morgan fingerprint density at radius 1 is 0.600 bits per heavy atom. The van der Waals surface area contributed by atoms with Crippen molar-refractivity contribution in [3.05, 3.63) is 108 Å². The Bertz CT molecular complexity index is 2080. The number of hydrogen-bond donors (Lipinski definition) is 5. The fourth-order valence-electron chi connectivity index (χ4n) is 4.04. The molecule has 0 aliphatic rings. The molecule has 0 unspecified atom stereocenters. The van der Waals surface area contributed by atoms with Gasteiger partial charge in [0.15, 0.2) is 0 Å². The predicted octanol–water partition coefficient (Wildman–Crippen LogP) is 2.19. The van der Waals surface area contributed by atoms with Crippen LogP contribution in [0.15, 0.2) is 79.8 Å². The Morgan fingerprint density at radius 2 is 1.03 bits per heavy atom. The summed E-state index contributed by atoms with van der Waals surface area (Å²) in [6.45, 7) is 0. The molecule has 10 heteroatoms.